The lowest BCUT2D eigenvalue weighted by Crippen LogP contribution is -2.37. The highest BCUT2D eigenvalue weighted by Crippen LogP contribution is 2.29. The number of carbonyl (C=O) groups excluding carboxylic acids is 1. The van der Waals surface area contributed by atoms with Crippen molar-refractivity contribution in [2.75, 3.05) is 23.3 Å². The predicted molar refractivity (Wildman–Crippen MR) is 170 cm³/mol. The zero-order valence-corrected chi connectivity index (χ0v) is 24.9. The summed E-state index contributed by atoms with van der Waals surface area (Å²) in [5.41, 5.74) is 3.39. The van der Waals surface area contributed by atoms with Crippen LogP contribution in [0.4, 0.5) is 11.4 Å². The minimum atomic E-state index is -3.88. The molecule has 1 amide bonds. The van der Waals surface area contributed by atoms with E-state index in [9.17, 15) is 13.2 Å². The normalized spacial score (nSPS) is 13.8. The summed E-state index contributed by atoms with van der Waals surface area (Å²) in [7, 11) is -3.88. The van der Waals surface area contributed by atoms with Crippen LogP contribution < -0.4 is 20.7 Å². The minimum absolute atomic E-state index is 0.0529. The first-order valence-electron chi connectivity index (χ1n) is 13.9. The fraction of sp³-hybridized carbons (Fsp3) is 0.323. The molecule has 0 heterocycles. The summed E-state index contributed by atoms with van der Waals surface area (Å²) in [6.45, 7) is 2.86. The Morgan fingerprint density at radius 1 is 1.02 bits per heavy atom. The molecule has 0 aromatic heterocycles. The molecular formula is C31H37N5O3S2. The summed E-state index contributed by atoms with van der Waals surface area (Å²) >= 11 is 5.25. The molecule has 41 heavy (non-hydrogen) atoms. The number of nitrogens with one attached hydrogen (secondary N) is 3. The predicted octanol–water partition coefficient (Wildman–Crippen LogP) is 5.68. The Bertz CT molecular complexity index is 1500. The quantitative estimate of drug-likeness (QED) is 0.136. The number of sulfonamides is 1. The molecule has 3 aromatic rings. The monoisotopic (exact) mass is 591 g/mol. The SMILES string of the molecule is CCC(=S)NC(=N)c1cccc(N(CC(=O)Nc2ccc(-c3ccccc3S(N)(=O)=O)cc2)CC2CCCCC2)c1. The maximum absolute atomic E-state index is 13.3. The average Bonchev–Trinajstić information content (AvgIpc) is 2.97. The Morgan fingerprint density at radius 3 is 2.41 bits per heavy atom. The number of anilines is 2. The number of hydrogen-bond acceptors (Lipinski definition) is 6. The van der Waals surface area contributed by atoms with Gasteiger partial charge in [0, 0.05) is 29.0 Å². The third-order valence-electron chi connectivity index (χ3n) is 7.30. The molecule has 4 rings (SSSR count). The van der Waals surface area contributed by atoms with Gasteiger partial charge in [0.05, 0.1) is 16.4 Å². The van der Waals surface area contributed by atoms with Crippen LogP contribution in [0.2, 0.25) is 0 Å². The number of hydrogen-bond donors (Lipinski definition) is 4. The standard InChI is InChI=1S/C31H37N5O3S2/c1-2-30(40)35-31(32)24-11-8-12-26(19-24)36(20-22-9-4-3-5-10-22)21-29(37)34-25-17-15-23(16-18-25)27-13-6-7-14-28(27)41(33,38)39/h6-8,11-19,22H,2-5,9-10,20-21H2,1H3,(H,34,37)(H2,32,35,40)(H2,33,38,39). The molecule has 0 spiro atoms. The van der Waals surface area contributed by atoms with Gasteiger partial charge in [-0.05, 0) is 61.1 Å². The Kier molecular flexibility index (Phi) is 10.3. The fourth-order valence-electron chi connectivity index (χ4n) is 5.16. The Labute approximate surface area is 247 Å². The van der Waals surface area contributed by atoms with Gasteiger partial charge in [0.1, 0.15) is 5.84 Å². The molecule has 1 fully saturated rings. The van der Waals surface area contributed by atoms with Gasteiger partial charge in [0.2, 0.25) is 15.9 Å². The molecular weight excluding hydrogens is 555 g/mol. The van der Waals surface area contributed by atoms with E-state index in [-0.39, 0.29) is 23.2 Å². The number of amides is 1. The zero-order chi connectivity index (χ0) is 29.4. The summed E-state index contributed by atoms with van der Waals surface area (Å²) in [6, 6.07) is 21.3. The maximum Gasteiger partial charge on any atom is 0.243 e. The van der Waals surface area contributed by atoms with E-state index in [1.807, 2.05) is 31.2 Å². The van der Waals surface area contributed by atoms with Crippen LogP contribution in [0.25, 0.3) is 11.1 Å². The van der Waals surface area contributed by atoms with Crippen LogP contribution in [0.15, 0.2) is 77.7 Å². The van der Waals surface area contributed by atoms with Crippen molar-refractivity contribution in [2.45, 2.75) is 50.3 Å². The highest BCUT2D eigenvalue weighted by atomic mass is 32.2. The lowest BCUT2D eigenvalue weighted by molar-refractivity contribution is -0.115. The van der Waals surface area contributed by atoms with Crippen LogP contribution >= 0.6 is 12.2 Å². The van der Waals surface area contributed by atoms with Crippen LogP contribution in [-0.2, 0) is 14.8 Å². The number of thiocarbonyl (C=S) groups is 1. The second kappa shape index (κ2) is 13.8. The van der Waals surface area contributed by atoms with Gasteiger partial charge in [0.25, 0.3) is 0 Å². The topological polar surface area (TPSA) is 128 Å². The molecule has 3 aromatic carbocycles. The number of amidine groups is 1. The van der Waals surface area contributed by atoms with Gasteiger partial charge in [0.15, 0.2) is 0 Å². The maximum atomic E-state index is 13.3. The summed E-state index contributed by atoms with van der Waals surface area (Å²) in [6.07, 6.45) is 6.60. The van der Waals surface area contributed by atoms with E-state index in [0.717, 1.165) is 25.1 Å². The minimum Gasteiger partial charge on any atom is -0.362 e. The smallest absolute Gasteiger partial charge is 0.243 e. The van der Waals surface area contributed by atoms with E-state index in [1.54, 1.807) is 42.5 Å². The number of carbonyl (C=O) groups is 1. The number of primary sulfonamides is 1. The second-order valence-corrected chi connectivity index (χ2v) is 12.4. The van der Waals surface area contributed by atoms with Gasteiger partial charge >= 0.3 is 0 Å². The number of nitrogens with two attached hydrogens (primary N) is 1. The lowest BCUT2D eigenvalue weighted by atomic mass is 9.89. The van der Waals surface area contributed by atoms with Crippen LogP contribution in [0.5, 0.6) is 0 Å². The Balaban J connectivity index is 1.50. The Morgan fingerprint density at radius 2 is 1.73 bits per heavy atom. The van der Waals surface area contributed by atoms with Crippen molar-refractivity contribution in [3.63, 3.8) is 0 Å². The largest absolute Gasteiger partial charge is 0.362 e. The van der Waals surface area contributed by atoms with E-state index >= 15 is 0 Å². The fourth-order valence-corrected chi connectivity index (χ4v) is 6.02. The average molecular weight is 592 g/mol. The molecule has 0 saturated heterocycles. The van der Waals surface area contributed by atoms with Crippen molar-refractivity contribution >= 4 is 50.3 Å². The van der Waals surface area contributed by atoms with Gasteiger partial charge < -0.3 is 15.5 Å². The van der Waals surface area contributed by atoms with Gasteiger partial charge in [-0.25, -0.2) is 13.6 Å². The first kappa shape index (κ1) is 30.4. The van der Waals surface area contributed by atoms with E-state index < -0.39 is 10.0 Å². The van der Waals surface area contributed by atoms with E-state index in [2.05, 4.69) is 15.5 Å². The summed E-state index contributed by atoms with van der Waals surface area (Å²) in [4.78, 5) is 16.0. The van der Waals surface area contributed by atoms with Gasteiger partial charge in [-0.1, -0.05) is 80.9 Å². The van der Waals surface area contributed by atoms with E-state index in [0.29, 0.717) is 39.7 Å². The number of rotatable bonds is 10. The molecule has 0 aliphatic heterocycles. The first-order chi connectivity index (χ1) is 19.6. The first-order valence-corrected chi connectivity index (χ1v) is 15.9. The summed E-state index contributed by atoms with van der Waals surface area (Å²) in [5.74, 6) is 0.581. The molecule has 1 aliphatic rings. The molecule has 10 heteroatoms. The molecule has 1 aliphatic carbocycles. The summed E-state index contributed by atoms with van der Waals surface area (Å²) in [5, 5.41) is 19.8. The van der Waals surface area contributed by atoms with Crippen molar-refractivity contribution in [2.24, 2.45) is 11.1 Å². The van der Waals surface area contributed by atoms with Gasteiger partial charge in [-0.2, -0.15) is 0 Å². The molecule has 0 radical (unpaired) electrons. The third-order valence-corrected chi connectivity index (χ3v) is 8.66. The van der Waals surface area contributed by atoms with Crippen LogP contribution in [0.3, 0.4) is 0 Å². The van der Waals surface area contributed by atoms with Gasteiger partial charge in [-0.3, -0.25) is 10.2 Å². The molecule has 0 bridgehead atoms. The lowest BCUT2D eigenvalue weighted by Gasteiger charge is -2.31. The number of benzene rings is 3. The van der Waals surface area contributed by atoms with Crippen LogP contribution in [-0.4, -0.2) is 38.2 Å². The van der Waals surface area contributed by atoms with E-state index in [1.165, 1.54) is 25.3 Å². The van der Waals surface area contributed by atoms with Gasteiger partial charge in [-0.15, -0.1) is 0 Å². The molecule has 0 unspecified atom stereocenters. The molecule has 1 saturated carbocycles. The van der Waals surface area contributed by atoms with Crippen molar-refractivity contribution in [1.82, 2.24) is 5.32 Å². The molecule has 216 valence electrons. The second-order valence-electron chi connectivity index (χ2n) is 10.4. The molecule has 5 N–H and O–H groups in total. The van der Waals surface area contributed by atoms with Crippen molar-refractivity contribution < 1.29 is 13.2 Å². The van der Waals surface area contributed by atoms with E-state index in [4.69, 9.17) is 22.8 Å². The zero-order valence-electron chi connectivity index (χ0n) is 23.2. The third kappa shape index (κ3) is 8.45. The highest BCUT2D eigenvalue weighted by molar-refractivity contribution is 7.89. The van der Waals surface area contributed by atoms with Crippen LogP contribution in [0.1, 0.15) is 51.0 Å². The van der Waals surface area contributed by atoms with Crippen LogP contribution in [0, 0.1) is 11.3 Å². The van der Waals surface area contributed by atoms with Crippen molar-refractivity contribution in [1.29, 1.82) is 5.41 Å². The molecule has 8 nitrogen and oxygen atoms in total. The highest BCUT2D eigenvalue weighted by Gasteiger charge is 2.21. The van der Waals surface area contributed by atoms with Crippen molar-refractivity contribution in [3.8, 4) is 11.1 Å². The summed E-state index contributed by atoms with van der Waals surface area (Å²) < 4.78 is 24.0. The molecule has 0 atom stereocenters. The Hall–Kier alpha value is -3.60. The van der Waals surface area contributed by atoms with Crippen molar-refractivity contribution in [3.05, 3.63) is 78.4 Å². The number of nitrogens with zero attached hydrogens (tertiary/aromatic N) is 1.